The Morgan fingerprint density at radius 2 is 1.56 bits per heavy atom. The van der Waals surface area contributed by atoms with Crippen LogP contribution in [0.2, 0.25) is 19.6 Å². The van der Waals surface area contributed by atoms with Crippen LogP contribution in [0.4, 0.5) is 10.5 Å². The molecule has 1 aliphatic carbocycles. The number of carbonyl (C=O) groups excluding carboxylic acids is 6. The maximum atomic E-state index is 14.7. The Morgan fingerprint density at radius 3 is 2.20 bits per heavy atom. The van der Waals surface area contributed by atoms with E-state index in [-0.39, 0.29) is 54.2 Å². The fourth-order valence-electron chi connectivity index (χ4n) is 11.6. The molecule has 1 aromatic rings. The van der Waals surface area contributed by atoms with Gasteiger partial charge < -0.3 is 47.6 Å². The average Bonchev–Trinajstić information content (AvgIpc) is 3.42. The first kappa shape index (κ1) is 66.6. The summed E-state index contributed by atoms with van der Waals surface area (Å²) in [4.78, 5) is 97.3. The van der Waals surface area contributed by atoms with E-state index in [0.29, 0.717) is 69.8 Å². The highest BCUT2D eigenvalue weighted by Gasteiger charge is 2.53. The number of benzene rings is 1. The van der Waals surface area contributed by atoms with Crippen LogP contribution >= 0.6 is 0 Å². The molecule has 2 bridgehead atoms. The number of Topliss-reactive ketones (excluding diaryl/α,β-unsaturated/α-hetero) is 3. The maximum absolute atomic E-state index is 14.7. The summed E-state index contributed by atoms with van der Waals surface area (Å²) in [5, 5.41) is 23.2. The molecule has 1 saturated carbocycles. The molecule has 5 rings (SSSR count). The number of fused-ring (bicyclic) bond motifs is 3. The smallest absolute Gasteiger partial charge is 0.460 e. The maximum Gasteiger partial charge on any atom is 0.514 e. The highest BCUT2D eigenvalue weighted by molar-refractivity contribution is 6.69. The molecule has 4 aliphatic rings. The van der Waals surface area contributed by atoms with Gasteiger partial charge >= 0.3 is 12.1 Å². The summed E-state index contributed by atoms with van der Waals surface area (Å²) in [5.41, 5.74) is 1.34. The third kappa shape index (κ3) is 18.6. The minimum absolute atomic E-state index is 0.0214. The number of hydrogen-bond acceptors (Lipinski definition) is 17. The fraction of sp³-hybridized carbons (Fsp3) is 0.672. The topological polar surface area (TPSA) is 243 Å². The van der Waals surface area contributed by atoms with Crippen LogP contribution < -0.4 is 4.74 Å². The van der Waals surface area contributed by atoms with Crippen molar-refractivity contribution in [3.8, 4) is 5.75 Å². The summed E-state index contributed by atoms with van der Waals surface area (Å²) in [6.45, 7) is 19.1. The Labute approximate surface area is 479 Å². The van der Waals surface area contributed by atoms with E-state index in [1.165, 1.54) is 43.4 Å². The van der Waals surface area contributed by atoms with E-state index in [4.69, 9.17) is 37.6 Å². The molecule has 0 aromatic heterocycles. The summed E-state index contributed by atoms with van der Waals surface area (Å²) in [7, 11) is 2.23. The van der Waals surface area contributed by atoms with Crippen molar-refractivity contribution in [2.45, 2.75) is 200 Å². The highest BCUT2D eigenvalue weighted by atomic mass is 28.4. The largest absolute Gasteiger partial charge is 0.514 e. The molecule has 3 heterocycles. The number of amides is 1. The summed E-state index contributed by atoms with van der Waals surface area (Å²) in [6.07, 6.45) is 9.92. The lowest BCUT2D eigenvalue weighted by Crippen LogP contribution is -2.61. The SMILES string of the molecule is CO[C@H]1C[C@@H]2CC[C@@H](C)[C@@](O)(O2)C(=O)C(=O)N2CCCC[C@H]2C(=O)O[C@H]([C@H](C)C[C@@H]2CC[C@@H](OC(=O)Oc3ccc([N+](=O)[O-])cc3)[C@H](OC)C2)CC(=O)[C@H](C)/C=C(\C)[C@@H](O[Si](C)(C)C)[C@@H](OC)C(=O)[C@H](C)C[C@H](C)/C=C/C=C/C=C/1C. The van der Waals surface area contributed by atoms with Gasteiger partial charge in [-0.3, -0.25) is 29.3 Å². The zero-order valence-electron chi connectivity index (χ0n) is 49.9. The first-order valence-corrected chi connectivity index (χ1v) is 32.2. The van der Waals surface area contributed by atoms with E-state index in [1.807, 2.05) is 84.6 Å². The van der Waals surface area contributed by atoms with Gasteiger partial charge in [-0.2, -0.15) is 0 Å². The van der Waals surface area contributed by atoms with Gasteiger partial charge in [0.1, 0.15) is 35.9 Å². The molecule has 1 N–H and O–H groups in total. The first-order chi connectivity index (χ1) is 38.2. The van der Waals surface area contributed by atoms with E-state index in [9.17, 15) is 44.0 Å². The van der Waals surface area contributed by atoms with E-state index >= 15 is 0 Å². The summed E-state index contributed by atoms with van der Waals surface area (Å²) in [5.74, 6) is -8.17. The second-order valence-electron chi connectivity index (χ2n) is 24.0. The molecule has 2 saturated heterocycles. The molecule has 81 heavy (non-hydrogen) atoms. The third-order valence-electron chi connectivity index (χ3n) is 16.4. The van der Waals surface area contributed by atoms with Gasteiger partial charge in [0.2, 0.25) is 5.79 Å². The van der Waals surface area contributed by atoms with Crippen LogP contribution in [0.25, 0.3) is 0 Å². The Morgan fingerprint density at radius 1 is 0.852 bits per heavy atom. The number of ether oxygens (including phenoxy) is 7. The van der Waals surface area contributed by atoms with Crippen LogP contribution in [0.5, 0.6) is 5.75 Å². The molecule has 20 heteroatoms. The van der Waals surface area contributed by atoms with Gasteiger partial charge in [0.05, 0.1) is 29.3 Å². The minimum atomic E-state index is -2.47. The number of hydrogen-bond donors (Lipinski definition) is 1. The second-order valence-corrected chi connectivity index (χ2v) is 28.4. The molecule has 0 spiro atoms. The van der Waals surface area contributed by atoms with E-state index in [0.717, 1.165) is 5.57 Å². The molecule has 1 amide bonds. The number of rotatable bonds is 11. The van der Waals surface area contributed by atoms with Gasteiger partial charge in [0.15, 0.2) is 14.1 Å². The third-order valence-corrected chi connectivity index (χ3v) is 17.4. The predicted octanol–water partition coefficient (Wildman–Crippen LogP) is 10.2. The Balaban J connectivity index is 1.47. The van der Waals surface area contributed by atoms with Crippen LogP contribution in [0, 0.1) is 45.6 Å². The molecule has 450 valence electrons. The standard InChI is InChI=1S/C61H90N2O17Si/c1-37-19-15-14-16-20-38(2)51(73-8)35-47-26-22-43(7)61(70,79-47)57(66)58(67)62-30-18-17-21-48(62)59(68)77-52(36-49(64)39(3)32-42(6)55(80-81(11,12)13)56(75-10)54(65)41(5)31-37)40(4)33-44-23-29-50(53(34-44)74-9)78-60(69)76-46-27-24-45(25-28-46)63(71)72/h14-16,19-20,24-25,27-28,32,37,39-41,43-44,47-48,50-53,55-56,70H,17-18,21-23,26,29-31,33-36H2,1-13H3/b16-14+,19-15+,38-20+,42-32+/t37-,39-,40-,41-,43-,44+,47+,48+,50-,51+,52+,53-,55-,56+,61-/m1/s1. The number of esters is 1. The molecular weight excluding hydrogens is 1060 g/mol. The molecule has 3 fully saturated rings. The van der Waals surface area contributed by atoms with Crippen LogP contribution in [0.3, 0.4) is 0 Å². The number of nitro groups is 1. The van der Waals surface area contributed by atoms with Gasteiger partial charge in [0.25, 0.3) is 17.4 Å². The Bertz CT molecular complexity index is 2470. The van der Waals surface area contributed by atoms with Gasteiger partial charge in [-0.05, 0) is 139 Å². The monoisotopic (exact) mass is 1150 g/mol. The summed E-state index contributed by atoms with van der Waals surface area (Å²) < 4.78 is 48.0. The lowest BCUT2D eigenvalue weighted by Gasteiger charge is -2.42. The molecule has 19 nitrogen and oxygen atoms in total. The van der Waals surface area contributed by atoms with Crippen molar-refractivity contribution in [2.75, 3.05) is 27.9 Å². The number of methoxy groups -OCH3 is 3. The Kier molecular flexibility index (Phi) is 25.0. The number of allylic oxidation sites excluding steroid dienone is 6. The highest BCUT2D eigenvalue weighted by Crippen LogP contribution is 2.39. The van der Waals surface area contributed by atoms with Crippen molar-refractivity contribution >= 4 is 49.4 Å². The lowest BCUT2D eigenvalue weighted by molar-refractivity contribution is -0.384. The number of aliphatic hydroxyl groups is 1. The van der Waals surface area contributed by atoms with Crippen molar-refractivity contribution < 1.29 is 76.4 Å². The Hall–Kier alpha value is -5.22. The zero-order chi connectivity index (χ0) is 59.9. The molecule has 15 atom stereocenters. The van der Waals surface area contributed by atoms with Crippen molar-refractivity contribution in [3.05, 3.63) is 82.0 Å². The fourth-order valence-corrected chi connectivity index (χ4v) is 12.7. The number of piperidine rings is 1. The number of ketones is 3. The van der Waals surface area contributed by atoms with E-state index < -0.39 is 115 Å². The van der Waals surface area contributed by atoms with Crippen LogP contribution in [0.15, 0.2) is 71.9 Å². The minimum Gasteiger partial charge on any atom is -0.460 e. The van der Waals surface area contributed by atoms with Crippen molar-refractivity contribution in [2.24, 2.45) is 35.5 Å². The summed E-state index contributed by atoms with van der Waals surface area (Å²) in [6, 6.07) is 3.82. The molecular formula is C61H90N2O17Si. The average molecular weight is 1150 g/mol. The van der Waals surface area contributed by atoms with E-state index in [2.05, 4.69) is 0 Å². The zero-order valence-corrected chi connectivity index (χ0v) is 50.9. The number of non-ortho nitro benzene ring substituents is 1. The predicted molar refractivity (Wildman–Crippen MR) is 305 cm³/mol. The second kappa shape index (κ2) is 30.4. The van der Waals surface area contributed by atoms with Crippen molar-refractivity contribution in [1.82, 2.24) is 4.90 Å². The number of cyclic esters (lactones) is 1. The first-order valence-electron chi connectivity index (χ1n) is 28.8. The van der Waals surface area contributed by atoms with Gasteiger partial charge in [-0.1, -0.05) is 71.1 Å². The van der Waals surface area contributed by atoms with Crippen molar-refractivity contribution in [1.29, 1.82) is 0 Å². The molecule has 0 radical (unpaired) electrons. The molecule has 3 aliphatic heterocycles. The van der Waals surface area contributed by atoms with E-state index in [1.54, 1.807) is 27.0 Å². The van der Waals surface area contributed by atoms with Crippen LogP contribution in [0.1, 0.15) is 126 Å². The van der Waals surface area contributed by atoms with Crippen molar-refractivity contribution in [3.63, 3.8) is 0 Å². The number of carbonyl (C=O) groups is 6. The normalized spacial score (nSPS) is 34.8. The molecule has 0 unspecified atom stereocenters. The lowest BCUT2D eigenvalue weighted by atomic mass is 9.78. The number of nitrogens with zero attached hydrogens (tertiary/aromatic N) is 2. The van der Waals surface area contributed by atoms with Gasteiger partial charge in [-0.25, -0.2) is 9.59 Å². The summed E-state index contributed by atoms with van der Waals surface area (Å²) >= 11 is 0. The van der Waals surface area contributed by atoms with Gasteiger partial charge in [-0.15, -0.1) is 0 Å². The quantitative estimate of drug-likeness (QED) is 0.0412. The van der Waals surface area contributed by atoms with Gasteiger partial charge in [0, 0.05) is 70.6 Å². The molecule has 1 aromatic carbocycles. The van der Waals surface area contributed by atoms with Crippen LogP contribution in [-0.2, 0) is 56.8 Å². The van der Waals surface area contributed by atoms with Crippen LogP contribution in [-0.4, -0.2) is 141 Å². The number of nitro benzene ring substituents is 1.